The van der Waals surface area contributed by atoms with Crippen LogP contribution in [0.5, 0.6) is 0 Å². The van der Waals surface area contributed by atoms with Gasteiger partial charge in [-0.1, -0.05) is 54.1 Å². The second kappa shape index (κ2) is 5.50. The normalized spacial score (nSPS) is 10.8. The Kier molecular flexibility index (Phi) is 3.78. The number of aryl methyl sites for hydroxylation is 1. The fraction of sp³-hybridized carbons (Fsp3) is 0.188. The molecule has 0 unspecified atom stereocenters. The summed E-state index contributed by atoms with van der Waals surface area (Å²) in [4.78, 5) is 0. The molecule has 0 saturated heterocycles. The second-order valence-electron chi connectivity index (χ2n) is 4.55. The average Bonchev–Trinajstić information content (AvgIpc) is 2.38. The van der Waals surface area contributed by atoms with E-state index in [1.807, 2.05) is 26.4 Å². The third-order valence-electron chi connectivity index (χ3n) is 2.75. The molecule has 0 spiro atoms. The van der Waals surface area contributed by atoms with Crippen LogP contribution in [0, 0.1) is 6.92 Å². The highest BCUT2D eigenvalue weighted by atomic mass is 15.4. The van der Waals surface area contributed by atoms with Gasteiger partial charge in [-0.3, -0.25) is 0 Å². The van der Waals surface area contributed by atoms with Gasteiger partial charge in [0.15, 0.2) is 0 Å². The predicted molar refractivity (Wildman–Crippen MR) is 77.9 cm³/mol. The van der Waals surface area contributed by atoms with Crippen LogP contribution in [-0.4, -0.2) is 25.3 Å². The van der Waals surface area contributed by atoms with E-state index in [1.54, 1.807) is 5.01 Å². The molecule has 0 fully saturated rings. The summed E-state index contributed by atoms with van der Waals surface area (Å²) in [6.07, 6.45) is 1.90. The molecular formula is C16H18N2. The average molecular weight is 238 g/mol. The second-order valence-corrected chi connectivity index (χ2v) is 4.55. The first-order chi connectivity index (χ1) is 8.66. The minimum absolute atomic E-state index is 1.13. The van der Waals surface area contributed by atoms with Gasteiger partial charge >= 0.3 is 0 Å². The van der Waals surface area contributed by atoms with Crippen molar-refractivity contribution in [3.8, 4) is 11.1 Å². The Labute approximate surface area is 109 Å². The molecule has 92 valence electrons. The van der Waals surface area contributed by atoms with E-state index < -0.39 is 0 Å². The first-order valence-corrected chi connectivity index (χ1v) is 6.04. The molecular weight excluding hydrogens is 220 g/mol. The van der Waals surface area contributed by atoms with Gasteiger partial charge in [0.2, 0.25) is 0 Å². The largest absolute Gasteiger partial charge is 0.303 e. The van der Waals surface area contributed by atoms with Gasteiger partial charge in [0.05, 0.1) is 6.21 Å². The Morgan fingerprint density at radius 3 is 2.28 bits per heavy atom. The molecule has 2 aromatic rings. The van der Waals surface area contributed by atoms with Crippen LogP contribution in [0.15, 0.2) is 53.6 Å². The van der Waals surface area contributed by atoms with Crippen LogP contribution in [-0.2, 0) is 0 Å². The molecule has 18 heavy (non-hydrogen) atoms. The molecule has 0 aliphatic rings. The van der Waals surface area contributed by atoms with E-state index in [9.17, 15) is 0 Å². The summed E-state index contributed by atoms with van der Waals surface area (Å²) in [5, 5.41) is 6.10. The summed E-state index contributed by atoms with van der Waals surface area (Å²) < 4.78 is 0. The van der Waals surface area contributed by atoms with Crippen molar-refractivity contribution >= 4 is 6.21 Å². The van der Waals surface area contributed by atoms with Crippen LogP contribution in [0.1, 0.15) is 11.1 Å². The van der Waals surface area contributed by atoms with E-state index in [0.29, 0.717) is 0 Å². The van der Waals surface area contributed by atoms with Crippen molar-refractivity contribution in [2.24, 2.45) is 5.10 Å². The van der Waals surface area contributed by atoms with Crippen molar-refractivity contribution in [2.45, 2.75) is 6.92 Å². The van der Waals surface area contributed by atoms with Crippen LogP contribution >= 0.6 is 0 Å². The molecule has 2 heteroatoms. The van der Waals surface area contributed by atoms with Crippen molar-refractivity contribution in [1.82, 2.24) is 5.01 Å². The number of hydrazone groups is 1. The number of hydrogen-bond donors (Lipinski definition) is 0. The molecule has 0 radical (unpaired) electrons. The van der Waals surface area contributed by atoms with Gasteiger partial charge in [-0.25, -0.2) is 0 Å². The first-order valence-electron chi connectivity index (χ1n) is 6.04. The van der Waals surface area contributed by atoms with Crippen LogP contribution in [0.3, 0.4) is 0 Å². The number of hydrogen-bond acceptors (Lipinski definition) is 2. The lowest BCUT2D eigenvalue weighted by atomic mass is 9.99. The maximum atomic E-state index is 4.31. The minimum Gasteiger partial charge on any atom is -0.303 e. The zero-order valence-corrected chi connectivity index (χ0v) is 11.1. The predicted octanol–water partition coefficient (Wildman–Crippen LogP) is 3.56. The van der Waals surface area contributed by atoms with Crippen molar-refractivity contribution in [3.05, 3.63) is 59.7 Å². The maximum Gasteiger partial charge on any atom is 0.0548 e. The van der Waals surface area contributed by atoms with Crippen molar-refractivity contribution in [2.75, 3.05) is 14.1 Å². The van der Waals surface area contributed by atoms with E-state index in [4.69, 9.17) is 0 Å². The van der Waals surface area contributed by atoms with Crippen LogP contribution in [0.4, 0.5) is 0 Å². The van der Waals surface area contributed by atoms with Gasteiger partial charge in [0.1, 0.15) is 0 Å². The fourth-order valence-corrected chi connectivity index (χ4v) is 1.78. The Morgan fingerprint density at radius 2 is 1.61 bits per heavy atom. The van der Waals surface area contributed by atoms with E-state index in [1.165, 1.54) is 16.7 Å². The van der Waals surface area contributed by atoms with Crippen molar-refractivity contribution in [3.63, 3.8) is 0 Å². The zero-order chi connectivity index (χ0) is 13.0. The van der Waals surface area contributed by atoms with Crippen LogP contribution in [0.2, 0.25) is 0 Å². The molecule has 0 saturated carbocycles. The Balaban J connectivity index is 2.41. The molecule has 0 N–H and O–H groups in total. The summed E-state index contributed by atoms with van der Waals surface area (Å²) in [5.41, 5.74) is 4.85. The van der Waals surface area contributed by atoms with E-state index in [-0.39, 0.29) is 0 Å². The number of nitrogens with zero attached hydrogens (tertiary/aromatic N) is 2. The standard InChI is InChI=1S/C16H18N2/c1-13-8-10-14(11-9-13)16-7-5-4-6-15(16)12-17-18(2)3/h4-12H,1-3H3/b17-12+. The molecule has 0 bridgehead atoms. The monoisotopic (exact) mass is 238 g/mol. The third-order valence-corrected chi connectivity index (χ3v) is 2.75. The molecule has 2 rings (SSSR count). The zero-order valence-electron chi connectivity index (χ0n) is 11.1. The molecule has 0 atom stereocenters. The first kappa shape index (κ1) is 12.4. The van der Waals surface area contributed by atoms with Gasteiger partial charge in [0.25, 0.3) is 0 Å². The summed E-state index contributed by atoms with van der Waals surface area (Å²) in [6, 6.07) is 16.9. The highest BCUT2D eigenvalue weighted by Gasteiger charge is 2.02. The van der Waals surface area contributed by atoms with Crippen LogP contribution in [0.25, 0.3) is 11.1 Å². The van der Waals surface area contributed by atoms with Gasteiger partial charge < -0.3 is 5.01 Å². The molecule has 0 aliphatic carbocycles. The Bertz CT molecular complexity index is 539. The maximum absolute atomic E-state index is 4.31. The SMILES string of the molecule is Cc1ccc(-c2ccccc2/C=N/N(C)C)cc1. The smallest absolute Gasteiger partial charge is 0.0548 e. The lowest BCUT2D eigenvalue weighted by molar-refractivity contribution is 0.440. The summed E-state index contributed by atoms with van der Waals surface area (Å²) in [7, 11) is 3.84. The van der Waals surface area contributed by atoms with E-state index in [0.717, 1.165) is 5.56 Å². The summed E-state index contributed by atoms with van der Waals surface area (Å²) in [6.45, 7) is 2.10. The lowest BCUT2D eigenvalue weighted by Crippen LogP contribution is -2.02. The molecule has 2 aromatic carbocycles. The van der Waals surface area contributed by atoms with Gasteiger partial charge in [-0.15, -0.1) is 0 Å². The quantitative estimate of drug-likeness (QED) is 0.589. The Morgan fingerprint density at radius 1 is 0.944 bits per heavy atom. The molecule has 0 aromatic heterocycles. The van der Waals surface area contributed by atoms with E-state index in [2.05, 4.69) is 54.5 Å². The summed E-state index contributed by atoms with van der Waals surface area (Å²) >= 11 is 0. The van der Waals surface area contributed by atoms with Crippen molar-refractivity contribution < 1.29 is 0 Å². The lowest BCUT2D eigenvalue weighted by Gasteiger charge is -2.08. The van der Waals surface area contributed by atoms with Crippen LogP contribution < -0.4 is 0 Å². The topological polar surface area (TPSA) is 15.6 Å². The number of benzene rings is 2. The third kappa shape index (κ3) is 2.98. The highest BCUT2D eigenvalue weighted by Crippen LogP contribution is 2.22. The van der Waals surface area contributed by atoms with E-state index >= 15 is 0 Å². The molecule has 0 amide bonds. The molecule has 0 aliphatic heterocycles. The highest BCUT2D eigenvalue weighted by molar-refractivity contribution is 5.90. The number of rotatable bonds is 3. The summed E-state index contributed by atoms with van der Waals surface area (Å²) in [5.74, 6) is 0. The van der Waals surface area contributed by atoms with Gasteiger partial charge in [-0.2, -0.15) is 5.10 Å². The van der Waals surface area contributed by atoms with Gasteiger partial charge in [-0.05, 0) is 18.1 Å². The fourth-order valence-electron chi connectivity index (χ4n) is 1.78. The molecule has 2 nitrogen and oxygen atoms in total. The minimum atomic E-state index is 1.13. The van der Waals surface area contributed by atoms with Gasteiger partial charge in [0, 0.05) is 19.7 Å². The molecule has 0 heterocycles. The Hall–Kier alpha value is -2.09. The van der Waals surface area contributed by atoms with Crippen molar-refractivity contribution in [1.29, 1.82) is 0 Å².